The summed E-state index contributed by atoms with van der Waals surface area (Å²) < 4.78 is 5.93. The Labute approximate surface area is 116 Å². The van der Waals surface area contributed by atoms with Crippen LogP contribution >= 0.6 is 0 Å². The van der Waals surface area contributed by atoms with Crippen LogP contribution in [0.4, 0.5) is 0 Å². The number of hydrogen-bond donors (Lipinski definition) is 1. The fraction of sp³-hybridized carbons (Fsp3) is 0.750. The summed E-state index contributed by atoms with van der Waals surface area (Å²) in [6.45, 7) is 9.89. The van der Waals surface area contributed by atoms with Crippen LogP contribution in [0.15, 0.2) is 10.5 Å². The molecule has 19 heavy (non-hydrogen) atoms. The van der Waals surface area contributed by atoms with E-state index >= 15 is 0 Å². The lowest BCUT2D eigenvalue weighted by Crippen LogP contribution is -2.26. The van der Waals surface area contributed by atoms with Crippen LogP contribution in [-0.4, -0.2) is 23.5 Å². The molecule has 3 rings (SSSR count). The molecule has 3 nitrogen and oxygen atoms in total. The van der Waals surface area contributed by atoms with Crippen LogP contribution in [0.5, 0.6) is 0 Å². The minimum absolute atomic E-state index is 0.688. The van der Waals surface area contributed by atoms with Crippen LogP contribution in [0.3, 0.4) is 0 Å². The smallest absolute Gasteiger partial charge is 0.118 e. The number of nitrogens with one attached hydrogen (secondary N) is 1. The number of hydrogen-bond acceptors (Lipinski definition) is 3. The summed E-state index contributed by atoms with van der Waals surface area (Å²) in [7, 11) is 0. The lowest BCUT2D eigenvalue weighted by Gasteiger charge is -2.19. The second kappa shape index (κ2) is 5.29. The summed E-state index contributed by atoms with van der Waals surface area (Å²) in [4.78, 5) is 2.54. The van der Waals surface area contributed by atoms with Crippen molar-refractivity contribution in [2.75, 3.05) is 6.54 Å². The molecule has 2 unspecified atom stereocenters. The van der Waals surface area contributed by atoms with Gasteiger partial charge in [0.05, 0.1) is 6.54 Å². The van der Waals surface area contributed by atoms with Gasteiger partial charge in [0.1, 0.15) is 11.5 Å². The fourth-order valence-corrected chi connectivity index (χ4v) is 3.19. The first-order chi connectivity index (χ1) is 9.11. The molecule has 1 N–H and O–H groups in total. The van der Waals surface area contributed by atoms with E-state index in [1.54, 1.807) is 0 Å². The average Bonchev–Trinajstić information content (AvgIpc) is 3.03. The normalized spacial score (nSPS) is 28.2. The Bertz CT molecular complexity index is 436. The van der Waals surface area contributed by atoms with Gasteiger partial charge in [-0.1, -0.05) is 6.92 Å². The topological polar surface area (TPSA) is 28.4 Å². The summed E-state index contributed by atoms with van der Waals surface area (Å²) in [6, 6.07) is 3.70. The molecule has 1 saturated carbocycles. The van der Waals surface area contributed by atoms with E-state index in [1.165, 1.54) is 31.4 Å². The van der Waals surface area contributed by atoms with Crippen LogP contribution in [0, 0.1) is 12.8 Å². The van der Waals surface area contributed by atoms with Crippen molar-refractivity contribution in [2.24, 2.45) is 5.92 Å². The summed E-state index contributed by atoms with van der Waals surface area (Å²) in [5, 5.41) is 3.56. The van der Waals surface area contributed by atoms with Gasteiger partial charge in [-0.2, -0.15) is 0 Å². The molecule has 106 valence electrons. The summed E-state index contributed by atoms with van der Waals surface area (Å²) in [5.41, 5.74) is 1.33. The minimum atomic E-state index is 0.688. The van der Waals surface area contributed by atoms with E-state index in [0.717, 1.165) is 36.6 Å². The van der Waals surface area contributed by atoms with Crippen molar-refractivity contribution in [2.45, 2.75) is 65.2 Å². The number of nitrogens with zero attached hydrogens (tertiary/aromatic N) is 1. The van der Waals surface area contributed by atoms with E-state index in [2.05, 4.69) is 37.1 Å². The van der Waals surface area contributed by atoms with Crippen molar-refractivity contribution in [1.29, 1.82) is 0 Å². The lowest BCUT2D eigenvalue weighted by atomic mass is 10.1. The first kappa shape index (κ1) is 13.2. The Hall–Kier alpha value is -0.800. The molecule has 2 fully saturated rings. The van der Waals surface area contributed by atoms with E-state index in [4.69, 9.17) is 4.42 Å². The highest BCUT2D eigenvalue weighted by Crippen LogP contribution is 2.26. The number of aryl methyl sites for hydroxylation is 1. The van der Waals surface area contributed by atoms with Crippen LogP contribution in [0.2, 0.25) is 0 Å². The van der Waals surface area contributed by atoms with Crippen LogP contribution in [-0.2, 0) is 13.1 Å². The average molecular weight is 262 g/mol. The van der Waals surface area contributed by atoms with Crippen molar-refractivity contribution in [3.8, 4) is 0 Å². The molecular formula is C16H26N2O. The third kappa shape index (κ3) is 3.21. The summed E-state index contributed by atoms with van der Waals surface area (Å²) in [5.74, 6) is 3.04. The SMILES string of the molecule is Cc1oc(CN2CC(C)CC2C)cc1CNC1CC1. The van der Waals surface area contributed by atoms with Crippen molar-refractivity contribution < 1.29 is 4.42 Å². The Morgan fingerprint density at radius 3 is 2.79 bits per heavy atom. The standard InChI is InChI=1S/C16H26N2O/c1-11-6-12(2)18(9-11)10-16-7-14(13(3)19-16)8-17-15-4-5-15/h7,11-12,15,17H,4-6,8-10H2,1-3H3. The van der Waals surface area contributed by atoms with Crippen LogP contribution in [0.25, 0.3) is 0 Å². The molecule has 2 atom stereocenters. The van der Waals surface area contributed by atoms with Gasteiger partial charge in [-0.25, -0.2) is 0 Å². The maximum Gasteiger partial charge on any atom is 0.118 e. The first-order valence-corrected chi connectivity index (χ1v) is 7.67. The number of likely N-dealkylation sites (tertiary alicyclic amines) is 1. The molecule has 1 aromatic heterocycles. The molecule has 0 bridgehead atoms. The van der Waals surface area contributed by atoms with Crippen molar-refractivity contribution >= 4 is 0 Å². The van der Waals surface area contributed by atoms with Gasteiger partial charge in [0.2, 0.25) is 0 Å². The fourth-order valence-electron chi connectivity index (χ4n) is 3.19. The van der Waals surface area contributed by atoms with Gasteiger partial charge in [-0.05, 0) is 45.1 Å². The van der Waals surface area contributed by atoms with E-state index in [9.17, 15) is 0 Å². The van der Waals surface area contributed by atoms with Crippen LogP contribution in [0.1, 0.15) is 50.2 Å². The zero-order chi connectivity index (χ0) is 13.4. The van der Waals surface area contributed by atoms with Gasteiger partial charge >= 0.3 is 0 Å². The monoisotopic (exact) mass is 262 g/mol. The zero-order valence-corrected chi connectivity index (χ0v) is 12.4. The predicted molar refractivity (Wildman–Crippen MR) is 77.0 cm³/mol. The van der Waals surface area contributed by atoms with Gasteiger partial charge in [0.25, 0.3) is 0 Å². The predicted octanol–water partition coefficient (Wildman–Crippen LogP) is 3.07. The highest BCUT2D eigenvalue weighted by Gasteiger charge is 2.27. The molecule has 2 heterocycles. The zero-order valence-electron chi connectivity index (χ0n) is 12.4. The van der Waals surface area contributed by atoms with E-state index in [-0.39, 0.29) is 0 Å². The second-order valence-electron chi connectivity index (χ2n) is 6.57. The number of rotatable bonds is 5. The molecule has 0 aromatic carbocycles. The molecule has 1 saturated heterocycles. The number of furan rings is 1. The summed E-state index contributed by atoms with van der Waals surface area (Å²) >= 11 is 0. The molecule has 0 amide bonds. The maximum atomic E-state index is 5.93. The largest absolute Gasteiger partial charge is 0.465 e. The van der Waals surface area contributed by atoms with E-state index < -0.39 is 0 Å². The van der Waals surface area contributed by atoms with Gasteiger partial charge in [-0.15, -0.1) is 0 Å². The third-order valence-corrected chi connectivity index (χ3v) is 4.50. The van der Waals surface area contributed by atoms with Gasteiger partial charge in [0, 0.05) is 30.7 Å². The highest BCUT2D eigenvalue weighted by molar-refractivity contribution is 5.21. The van der Waals surface area contributed by atoms with Gasteiger partial charge in [-0.3, -0.25) is 4.90 Å². The Balaban J connectivity index is 1.59. The lowest BCUT2D eigenvalue weighted by molar-refractivity contribution is 0.234. The van der Waals surface area contributed by atoms with Crippen LogP contribution < -0.4 is 5.32 Å². The van der Waals surface area contributed by atoms with Gasteiger partial charge < -0.3 is 9.73 Å². The Morgan fingerprint density at radius 1 is 1.37 bits per heavy atom. The van der Waals surface area contributed by atoms with E-state index in [0.29, 0.717) is 6.04 Å². The summed E-state index contributed by atoms with van der Waals surface area (Å²) in [6.07, 6.45) is 4.00. The molecule has 0 spiro atoms. The molecule has 1 aliphatic carbocycles. The van der Waals surface area contributed by atoms with Crippen molar-refractivity contribution in [3.63, 3.8) is 0 Å². The Kier molecular flexibility index (Phi) is 3.68. The minimum Gasteiger partial charge on any atom is -0.465 e. The van der Waals surface area contributed by atoms with Gasteiger partial charge in [0.15, 0.2) is 0 Å². The molecule has 1 aliphatic heterocycles. The van der Waals surface area contributed by atoms with Crippen molar-refractivity contribution in [1.82, 2.24) is 10.2 Å². The third-order valence-electron chi connectivity index (χ3n) is 4.50. The Morgan fingerprint density at radius 2 is 2.16 bits per heavy atom. The van der Waals surface area contributed by atoms with Crippen molar-refractivity contribution in [3.05, 3.63) is 23.2 Å². The molecule has 3 heteroatoms. The van der Waals surface area contributed by atoms with E-state index in [1.807, 2.05) is 0 Å². The quantitative estimate of drug-likeness (QED) is 0.884. The maximum absolute atomic E-state index is 5.93. The molecular weight excluding hydrogens is 236 g/mol. The highest BCUT2D eigenvalue weighted by atomic mass is 16.3. The second-order valence-corrected chi connectivity index (χ2v) is 6.57. The first-order valence-electron chi connectivity index (χ1n) is 7.67. The molecule has 2 aliphatic rings. The molecule has 1 aromatic rings. The molecule has 0 radical (unpaired) electrons.